The molecule has 2 aromatic carbocycles. The molecule has 136 valence electrons. The molecule has 0 radical (unpaired) electrons. The number of aryl methyl sites for hydroxylation is 1. The van der Waals surface area contributed by atoms with Gasteiger partial charge in [-0.1, -0.05) is 24.3 Å². The van der Waals surface area contributed by atoms with E-state index >= 15 is 0 Å². The Morgan fingerprint density at radius 2 is 1.92 bits per heavy atom. The average molecular weight is 373 g/mol. The number of amides is 1. The van der Waals surface area contributed by atoms with Crippen LogP contribution in [-0.2, 0) is 14.8 Å². The summed E-state index contributed by atoms with van der Waals surface area (Å²) in [6.45, 7) is 1.72. The normalized spacial score (nSPS) is 16.7. The fourth-order valence-electron chi connectivity index (χ4n) is 3.17. The molecule has 0 heterocycles. The van der Waals surface area contributed by atoms with Crippen molar-refractivity contribution >= 4 is 21.7 Å². The van der Waals surface area contributed by atoms with E-state index in [1.54, 1.807) is 37.3 Å². The van der Waals surface area contributed by atoms with Crippen molar-refractivity contribution < 1.29 is 22.7 Å². The van der Waals surface area contributed by atoms with Crippen molar-refractivity contribution in [2.24, 2.45) is 0 Å². The number of carbonyl (C=O) groups excluding carboxylic acids is 2. The smallest absolute Gasteiger partial charge is 0.264 e. The molecule has 1 aliphatic carbocycles. The van der Waals surface area contributed by atoms with E-state index < -0.39 is 21.8 Å². The van der Waals surface area contributed by atoms with Crippen molar-refractivity contribution in [1.82, 2.24) is 4.72 Å². The first-order valence-corrected chi connectivity index (χ1v) is 9.65. The zero-order valence-electron chi connectivity index (χ0n) is 14.5. The Morgan fingerprint density at radius 1 is 1.19 bits per heavy atom. The number of hydrogen-bond acceptors (Lipinski definition) is 5. The van der Waals surface area contributed by atoms with Crippen LogP contribution in [0.25, 0.3) is 0 Å². The van der Waals surface area contributed by atoms with Gasteiger partial charge < -0.3 is 4.74 Å². The van der Waals surface area contributed by atoms with Gasteiger partial charge in [-0.25, -0.2) is 13.1 Å². The van der Waals surface area contributed by atoms with Gasteiger partial charge in [-0.2, -0.15) is 0 Å². The lowest BCUT2D eigenvalue weighted by atomic mass is 9.82. The average Bonchev–Trinajstić information content (AvgIpc) is 2.61. The third kappa shape index (κ3) is 3.35. The van der Waals surface area contributed by atoms with Crippen LogP contribution in [0.1, 0.15) is 40.2 Å². The molecule has 0 aliphatic heterocycles. The third-order valence-corrected chi connectivity index (χ3v) is 5.87. The number of hydrogen-bond donors (Lipinski definition) is 1. The highest BCUT2D eigenvalue weighted by Crippen LogP contribution is 2.32. The van der Waals surface area contributed by atoms with E-state index in [-0.39, 0.29) is 17.1 Å². The van der Waals surface area contributed by atoms with E-state index in [2.05, 4.69) is 4.72 Å². The number of rotatable bonds is 4. The predicted octanol–water partition coefficient (Wildman–Crippen LogP) is 2.57. The molecule has 7 heteroatoms. The first-order chi connectivity index (χ1) is 12.3. The van der Waals surface area contributed by atoms with E-state index in [0.29, 0.717) is 28.9 Å². The second-order valence-corrected chi connectivity index (χ2v) is 7.89. The molecular formula is C19H19NO5S. The maximum Gasteiger partial charge on any atom is 0.264 e. The van der Waals surface area contributed by atoms with Gasteiger partial charge >= 0.3 is 0 Å². The maximum atomic E-state index is 12.6. The standard InChI is InChI=1S/C19H19NO5S/c1-12-11-13(7-10-18(12)25-2)26(23,24)20-19(22)16-8-9-17(21)15-6-4-3-5-14(15)16/h3-7,10-11,16H,8-9H2,1-2H3,(H,20,22). The Labute approximate surface area is 152 Å². The lowest BCUT2D eigenvalue weighted by Crippen LogP contribution is -2.36. The van der Waals surface area contributed by atoms with Gasteiger partial charge in [0.1, 0.15) is 5.75 Å². The summed E-state index contributed by atoms with van der Waals surface area (Å²) >= 11 is 0. The van der Waals surface area contributed by atoms with Crippen LogP contribution in [0.2, 0.25) is 0 Å². The van der Waals surface area contributed by atoms with Gasteiger partial charge in [0.2, 0.25) is 5.91 Å². The molecule has 0 saturated carbocycles. The molecule has 3 rings (SSSR count). The number of carbonyl (C=O) groups is 2. The Bertz CT molecular complexity index is 981. The summed E-state index contributed by atoms with van der Waals surface area (Å²) in [5.74, 6) is -0.760. The zero-order valence-corrected chi connectivity index (χ0v) is 15.3. The number of sulfonamides is 1. The molecule has 1 aliphatic rings. The lowest BCUT2D eigenvalue weighted by molar-refractivity contribution is -0.121. The summed E-state index contributed by atoms with van der Waals surface area (Å²) in [6, 6.07) is 11.2. The van der Waals surface area contributed by atoms with Crippen molar-refractivity contribution in [2.75, 3.05) is 7.11 Å². The summed E-state index contributed by atoms with van der Waals surface area (Å²) < 4.78 is 32.4. The zero-order chi connectivity index (χ0) is 18.9. The monoisotopic (exact) mass is 373 g/mol. The number of benzene rings is 2. The van der Waals surface area contributed by atoms with Crippen molar-refractivity contribution in [3.8, 4) is 5.75 Å². The highest BCUT2D eigenvalue weighted by Gasteiger charge is 2.32. The Balaban J connectivity index is 1.87. The molecule has 1 unspecified atom stereocenters. The highest BCUT2D eigenvalue weighted by atomic mass is 32.2. The minimum atomic E-state index is -4.01. The van der Waals surface area contributed by atoms with Gasteiger partial charge in [-0.05, 0) is 42.7 Å². The quantitative estimate of drug-likeness (QED) is 0.890. The topological polar surface area (TPSA) is 89.5 Å². The van der Waals surface area contributed by atoms with Crippen molar-refractivity contribution in [3.63, 3.8) is 0 Å². The summed E-state index contributed by atoms with van der Waals surface area (Å²) in [4.78, 5) is 24.6. The molecule has 0 saturated heterocycles. The van der Waals surface area contributed by atoms with Crippen LogP contribution in [0, 0.1) is 6.92 Å². The number of nitrogens with one attached hydrogen (secondary N) is 1. The summed E-state index contributed by atoms with van der Waals surface area (Å²) in [5, 5.41) is 0. The predicted molar refractivity (Wildman–Crippen MR) is 95.8 cm³/mol. The van der Waals surface area contributed by atoms with Crippen LogP contribution >= 0.6 is 0 Å². The maximum absolute atomic E-state index is 12.6. The van der Waals surface area contributed by atoms with Crippen LogP contribution in [0.3, 0.4) is 0 Å². The van der Waals surface area contributed by atoms with E-state index in [1.165, 1.54) is 19.2 Å². The van der Waals surface area contributed by atoms with Gasteiger partial charge in [-0.3, -0.25) is 9.59 Å². The summed E-state index contributed by atoms with van der Waals surface area (Å²) in [6.07, 6.45) is 0.510. The second kappa shape index (κ2) is 6.92. The van der Waals surface area contributed by atoms with Gasteiger partial charge in [0.05, 0.1) is 17.9 Å². The second-order valence-electron chi connectivity index (χ2n) is 6.20. The van der Waals surface area contributed by atoms with E-state index in [1.807, 2.05) is 0 Å². The van der Waals surface area contributed by atoms with E-state index in [0.717, 1.165) is 0 Å². The molecule has 2 aromatic rings. The van der Waals surface area contributed by atoms with Crippen LogP contribution in [0.5, 0.6) is 5.75 Å². The van der Waals surface area contributed by atoms with Gasteiger partial charge in [0.15, 0.2) is 5.78 Å². The molecule has 1 amide bonds. The highest BCUT2D eigenvalue weighted by molar-refractivity contribution is 7.90. The Kier molecular flexibility index (Phi) is 4.82. The van der Waals surface area contributed by atoms with Crippen molar-refractivity contribution in [3.05, 3.63) is 59.2 Å². The molecule has 0 bridgehead atoms. The number of methoxy groups -OCH3 is 1. The van der Waals surface area contributed by atoms with Crippen LogP contribution in [0.4, 0.5) is 0 Å². The molecular weight excluding hydrogens is 354 g/mol. The molecule has 26 heavy (non-hydrogen) atoms. The molecule has 0 spiro atoms. The first kappa shape index (κ1) is 18.1. The Hall–Kier alpha value is -2.67. The number of Topliss-reactive ketones (excluding diaryl/α,β-unsaturated/α-hetero) is 1. The fraction of sp³-hybridized carbons (Fsp3) is 0.263. The fourth-order valence-corrected chi connectivity index (χ4v) is 4.28. The van der Waals surface area contributed by atoms with Crippen molar-refractivity contribution in [2.45, 2.75) is 30.6 Å². The molecule has 6 nitrogen and oxygen atoms in total. The summed E-state index contributed by atoms with van der Waals surface area (Å²) in [5.41, 5.74) is 1.70. The molecule has 1 atom stereocenters. The number of ether oxygens (including phenoxy) is 1. The minimum Gasteiger partial charge on any atom is -0.496 e. The van der Waals surface area contributed by atoms with E-state index in [4.69, 9.17) is 4.74 Å². The lowest BCUT2D eigenvalue weighted by Gasteiger charge is -2.23. The Morgan fingerprint density at radius 3 is 2.62 bits per heavy atom. The largest absolute Gasteiger partial charge is 0.496 e. The van der Waals surface area contributed by atoms with Crippen LogP contribution in [0.15, 0.2) is 47.4 Å². The van der Waals surface area contributed by atoms with Crippen LogP contribution in [-0.4, -0.2) is 27.2 Å². The van der Waals surface area contributed by atoms with Gasteiger partial charge in [0.25, 0.3) is 10.0 Å². The van der Waals surface area contributed by atoms with Crippen molar-refractivity contribution in [1.29, 1.82) is 0 Å². The third-order valence-electron chi connectivity index (χ3n) is 4.52. The summed E-state index contributed by atoms with van der Waals surface area (Å²) in [7, 11) is -2.51. The molecule has 0 fully saturated rings. The number of fused-ring (bicyclic) bond motifs is 1. The van der Waals surface area contributed by atoms with Gasteiger partial charge in [0, 0.05) is 12.0 Å². The van der Waals surface area contributed by atoms with Gasteiger partial charge in [-0.15, -0.1) is 0 Å². The SMILES string of the molecule is COc1ccc(S(=O)(=O)NC(=O)C2CCC(=O)c3ccccc32)cc1C. The molecule has 1 N–H and O–H groups in total. The van der Waals surface area contributed by atoms with E-state index in [9.17, 15) is 18.0 Å². The minimum absolute atomic E-state index is 0.00989. The molecule has 0 aromatic heterocycles. The first-order valence-electron chi connectivity index (χ1n) is 8.17. The van der Waals surface area contributed by atoms with Crippen LogP contribution < -0.4 is 9.46 Å². The number of ketones is 1.